The van der Waals surface area contributed by atoms with Crippen LogP contribution in [0.1, 0.15) is 0 Å². The van der Waals surface area contributed by atoms with Gasteiger partial charge in [0.2, 0.25) is 0 Å². The summed E-state index contributed by atoms with van der Waals surface area (Å²) in [5.41, 5.74) is 11.8. The fourth-order valence-corrected chi connectivity index (χ4v) is 8.68. The molecule has 240 valence electrons. The Labute approximate surface area is 300 Å². The molecule has 0 spiro atoms. The van der Waals surface area contributed by atoms with E-state index in [1.54, 1.807) is 0 Å². The van der Waals surface area contributed by atoms with Gasteiger partial charge in [-0.15, -0.1) is 11.3 Å². The summed E-state index contributed by atoms with van der Waals surface area (Å²) in [6.45, 7) is 0. The molecule has 0 bridgehead atoms. The molecular weight excluding hydrogens is 637 g/mol. The van der Waals surface area contributed by atoms with Gasteiger partial charge in [-0.3, -0.25) is 0 Å². The highest BCUT2D eigenvalue weighted by Gasteiger charge is 2.17. The number of hydrogen-bond donors (Lipinski definition) is 0. The van der Waals surface area contributed by atoms with Crippen LogP contribution < -0.4 is 4.90 Å². The third kappa shape index (κ3) is 5.10. The van der Waals surface area contributed by atoms with Gasteiger partial charge in [-0.05, 0) is 95.1 Å². The van der Waals surface area contributed by atoms with E-state index >= 15 is 0 Å². The van der Waals surface area contributed by atoms with E-state index in [0.717, 1.165) is 17.1 Å². The number of aromatic nitrogens is 1. The first-order valence-electron chi connectivity index (χ1n) is 17.3. The molecule has 3 heteroatoms. The minimum atomic E-state index is 1.12. The molecule has 0 aliphatic heterocycles. The Balaban J connectivity index is 1.07. The minimum Gasteiger partial charge on any atom is -0.310 e. The highest BCUT2D eigenvalue weighted by Crippen LogP contribution is 2.42. The maximum atomic E-state index is 2.37. The second-order valence-electron chi connectivity index (χ2n) is 13.0. The predicted molar refractivity (Wildman–Crippen MR) is 219 cm³/mol. The second kappa shape index (κ2) is 12.2. The average Bonchev–Trinajstić information content (AvgIpc) is 3.74. The van der Waals surface area contributed by atoms with Crippen molar-refractivity contribution in [3.05, 3.63) is 194 Å². The molecule has 0 atom stereocenters. The largest absolute Gasteiger partial charge is 0.310 e. The summed E-state index contributed by atoms with van der Waals surface area (Å²) in [6, 6.07) is 70.3. The second-order valence-corrected chi connectivity index (χ2v) is 14.1. The molecule has 0 saturated heterocycles. The Morgan fingerprint density at radius 2 is 0.863 bits per heavy atom. The molecule has 10 rings (SSSR count). The average molecular weight is 669 g/mol. The number of fused-ring (bicyclic) bond motifs is 6. The van der Waals surface area contributed by atoms with Crippen LogP contribution in [-0.2, 0) is 0 Å². The van der Waals surface area contributed by atoms with Gasteiger partial charge in [-0.2, -0.15) is 0 Å². The molecule has 2 aromatic heterocycles. The highest BCUT2D eigenvalue weighted by atomic mass is 32.1. The number of hydrogen-bond acceptors (Lipinski definition) is 2. The topological polar surface area (TPSA) is 8.17 Å². The molecule has 0 aliphatic carbocycles. The predicted octanol–water partition coefficient (Wildman–Crippen LogP) is 14.0. The summed E-state index contributed by atoms with van der Waals surface area (Å²) in [6.07, 6.45) is 0. The molecule has 0 amide bonds. The number of thiophene rings is 1. The Hall–Kier alpha value is -6.42. The zero-order valence-electron chi connectivity index (χ0n) is 27.8. The van der Waals surface area contributed by atoms with Crippen molar-refractivity contribution in [3.8, 4) is 27.9 Å². The van der Waals surface area contributed by atoms with E-state index in [2.05, 4.69) is 204 Å². The van der Waals surface area contributed by atoms with Gasteiger partial charge >= 0.3 is 0 Å². The van der Waals surface area contributed by atoms with Crippen molar-refractivity contribution < 1.29 is 0 Å². The molecule has 51 heavy (non-hydrogen) atoms. The molecule has 10 aromatic rings. The first-order valence-corrected chi connectivity index (χ1v) is 18.2. The fourth-order valence-electron chi connectivity index (χ4n) is 7.55. The Bertz CT molecular complexity index is 2830. The number of nitrogens with zero attached hydrogens (tertiary/aromatic N) is 2. The first-order chi connectivity index (χ1) is 25.3. The van der Waals surface area contributed by atoms with Crippen molar-refractivity contribution in [2.24, 2.45) is 0 Å². The smallest absolute Gasteiger partial charge is 0.0541 e. The summed E-state index contributed by atoms with van der Waals surface area (Å²) < 4.78 is 4.97. The van der Waals surface area contributed by atoms with Gasteiger partial charge in [0, 0.05) is 53.7 Å². The molecule has 0 fully saturated rings. The maximum Gasteiger partial charge on any atom is 0.0541 e. The molecule has 2 nitrogen and oxygen atoms in total. The van der Waals surface area contributed by atoms with Crippen LogP contribution in [0, 0.1) is 0 Å². The summed E-state index contributed by atoms with van der Waals surface area (Å²) in [4.78, 5) is 2.37. The van der Waals surface area contributed by atoms with Gasteiger partial charge in [0.05, 0.1) is 11.0 Å². The number of rotatable bonds is 6. The van der Waals surface area contributed by atoms with Crippen LogP contribution in [0.25, 0.3) is 69.9 Å². The standard InChI is InChI=1S/C48H32N2S/c1-3-11-33(12-4-1)34-19-24-38(25-20-34)49(40-28-29-43-42-16-8-10-18-47(42)51-48(43)32-40)39-26-21-35(22-27-39)36-23-30-46-44(31-36)41-15-7-9-17-45(41)50(46)37-13-5-2-6-14-37/h1-32H. The lowest BCUT2D eigenvalue weighted by atomic mass is 10.0. The van der Waals surface area contributed by atoms with E-state index in [9.17, 15) is 0 Å². The molecule has 0 N–H and O–H groups in total. The molecule has 2 heterocycles. The van der Waals surface area contributed by atoms with Gasteiger partial charge < -0.3 is 9.47 Å². The third-order valence-corrected chi connectivity index (χ3v) is 11.1. The Kier molecular flexibility index (Phi) is 7.04. The summed E-state index contributed by atoms with van der Waals surface area (Å²) in [7, 11) is 0. The van der Waals surface area contributed by atoms with Crippen LogP contribution in [0.4, 0.5) is 17.1 Å². The van der Waals surface area contributed by atoms with Crippen molar-refractivity contribution >= 4 is 70.4 Å². The van der Waals surface area contributed by atoms with Gasteiger partial charge in [0.25, 0.3) is 0 Å². The maximum absolute atomic E-state index is 2.37. The van der Waals surface area contributed by atoms with E-state index in [-0.39, 0.29) is 0 Å². The van der Waals surface area contributed by atoms with Crippen LogP contribution in [-0.4, -0.2) is 4.57 Å². The van der Waals surface area contributed by atoms with Crippen LogP contribution in [0.5, 0.6) is 0 Å². The quantitative estimate of drug-likeness (QED) is 0.171. The SMILES string of the molecule is c1ccc(-c2ccc(N(c3ccc(-c4ccc5c(c4)c4ccccc4n5-c4ccccc4)cc3)c3ccc4c(c3)sc3ccccc34)cc2)cc1. The summed E-state index contributed by atoms with van der Waals surface area (Å²) in [5, 5.41) is 5.14. The van der Waals surface area contributed by atoms with Gasteiger partial charge in [-0.1, -0.05) is 121 Å². The molecule has 0 radical (unpaired) electrons. The van der Waals surface area contributed by atoms with Crippen LogP contribution in [0.2, 0.25) is 0 Å². The molecular formula is C48H32N2S. The molecule has 8 aromatic carbocycles. The molecule has 0 saturated carbocycles. The van der Waals surface area contributed by atoms with Gasteiger partial charge in [0.1, 0.15) is 0 Å². The van der Waals surface area contributed by atoms with Crippen LogP contribution in [0.15, 0.2) is 194 Å². The van der Waals surface area contributed by atoms with E-state index in [4.69, 9.17) is 0 Å². The highest BCUT2D eigenvalue weighted by molar-refractivity contribution is 7.25. The van der Waals surface area contributed by atoms with E-state index in [1.807, 2.05) is 11.3 Å². The zero-order chi connectivity index (χ0) is 33.7. The van der Waals surface area contributed by atoms with Crippen molar-refractivity contribution in [2.75, 3.05) is 4.90 Å². The zero-order valence-corrected chi connectivity index (χ0v) is 28.6. The fraction of sp³-hybridized carbons (Fsp3) is 0. The van der Waals surface area contributed by atoms with Gasteiger partial charge in [0.15, 0.2) is 0 Å². The third-order valence-electron chi connectivity index (χ3n) is 10.00. The van der Waals surface area contributed by atoms with E-state index in [1.165, 1.54) is 69.9 Å². The Morgan fingerprint density at radius 1 is 0.333 bits per heavy atom. The van der Waals surface area contributed by atoms with Crippen LogP contribution in [0.3, 0.4) is 0 Å². The summed E-state index contributed by atoms with van der Waals surface area (Å²) >= 11 is 1.86. The van der Waals surface area contributed by atoms with Crippen molar-refractivity contribution in [3.63, 3.8) is 0 Å². The van der Waals surface area contributed by atoms with Crippen LogP contribution >= 0.6 is 11.3 Å². The van der Waals surface area contributed by atoms with Crippen molar-refractivity contribution in [1.82, 2.24) is 4.57 Å². The van der Waals surface area contributed by atoms with Crippen molar-refractivity contribution in [2.45, 2.75) is 0 Å². The van der Waals surface area contributed by atoms with E-state index in [0.29, 0.717) is 0 Å². The molecule has 0 aliphatic rings. The molecule has 0 unspecified atom stereocenters. The first kappa shape index (κ1) is 29.5. The lowest BCUT2D eigenvalue weighted by Crippen LogP contribution is -2.09. The van der Waals surface area contributed by atoms with Gasteiger partial charge in [-0.25, -0.2) is 0 Å². The monoisotopic (exact) mass is 668 g/mol. The minimum absolute atomic E-state index is 1.12. The normalized spacial score (nSPS) is 11.5. The number of benzene rings is 8. The lowest BCUT2D eigenvalue weighted by Gasteiger charge is -2.26. The van der Waals surface area contributed by atoms with E-state index < -0.39 is 0 Å². The Morgan fingerprint density at radius 3 is 1.61 bits per heavy atom. The van der Waals surface area contributed by atoms with Crippen molar-refractivity contribution in [1.29, 1.82) is 0 Å². The number of anilines is 3. The summed E-state index contributed by atoms with van der Waals surface area (Å²) in [5.74, 6) is 0. The lowest BCUT2D eigenvalue weighted by molar-refractivity contribution is 1.18. The number of para-hydroxylation sites is 2.